The van der Waals surface area contributed by atoms with Gasteiger partial charge >= 0.3 is 34.4 Å². The number of hydrogen-bond donors (Lipinski definition) is 0. The minimum atomic E-state index is -9.19. The Bertz CT molecular complexity index is 1530. The fourth-order valence-corrected chi connectivity index (χ4v) is 5.71. The van der Waals surface area contributed by atoms with Crippen LogP contribution in [0.2, 0.25) is 0 Å². The first-order chi connectivity index (χ1) is 19.7. The van der Waals surface area contributed by atoms with Crippen LogP contribution in [0.4, 0.5) is 36.8 Å². The molecule has 2 aliphatic heterocycles. The minimum absolute atomic E-state index is 0. The molecule has 242 valence electrons. The van der Waals surface area contributed by atoms with E-state index >= 15 is 0 Å². The Morgan fingerprint density at radius 1 is 0.864 bits per heavy atom. The summed E-state index contributed by atoms with van der Waals surface area (Å²) in [5.74, 6) is 0. The Labute approximate surface area is 256 Å². The van der Waals surface area contributed by atoms with Crippen molar-refractivity contribution in [2.45, 2.75) is 65.2 Å². The summed E-state index contributed by atoms with van der Waals surface area (Å²) in [6.45, 7) is 14.3. The summed E-state index contributed by atoms with van der Waals surface area (Å²) >= 11 is -9.19. The van der Waals surface area contributed by atoms with Crippen molar-refractivity contribution in [3.8, 4) is 0 Å². The van der Waals surface area contributed by atoms with E-state index in [2.05, 4.69) is 69.2 Å². The molecule has 0 saturated heterocycles. The maximum absolute atomic E-state index is 11.4. The SMILES string of the molecule is CCCN1/C(=C/C=C/C2=[N+](CCC)c3ccc([N+](=O)[O-])cc3C2(C)C)C(C)(C)c2cc([N+](=O)[O-])ccc21.[F-].[F][Sb]([F])([F])([F])[F]. The quantitative estimate of drug-likeness (QED) is 0.115. The number of halogens is 6. The third kappa shape index (κ3) is 7.99. The summed E-state index contributed by atoms with van der Waals surface area (Å²) in [6.07, 6.45) is 8.16. The van der Waals surface area contributed by atoms with E-state index in [4.69, 9.17) is 0 Å². The zero-order valence-corrected chi connectivity index (χ0v) is 27.7. The van der Waals surface area contributed by atoms with Crippen molar-refractivity contribution < 1.29 is 33.2 Å². The summed E-state index contributed by atoms with van der Waals surface area (Å²) < 4.78 is 51.8. The third-order valence-electron chi connectivity index (χ3n) is 7.58. The molecule has 0 N–H and O–H groups in total. The van der Waals surface area contributed by atoms with Gasteiger partial charge in [-0.2, -0.15) is 4.58 Å². The number of hydrogen-bond acceptors (Lipinski definition) is 5. The Morgan fingerprint density at radius 3 is 1.89 bits per heavy atom. The van der Waals surface area contributed by atoms with E-state index in [1.807, 2.05) is 12.1 Å². The zero-order chi connectivity index (χ0) is 32.6. The third-order valence-corrected chi connectivity index (χ3v) is 7.58. The topological polar surface area (TPSA) is 92.5 Å². The molecular formula is C29H35F6N4O4Sb. The van der Waals surface area contributed by atoms with Gasteiger partial charge in [0.15, 0.2) is 5.71 Å². The number of nitro groups is 2. The van der Waals surface area contributed by atoms with E-state index < -0.39 is 31.1 Å². The molecule has 2 aliphatic rings. The monoisotopic (exact) mass is 738 g/mol. The fourth-order valence-electron chi connectivity index (χ4n) is 5.71. The molecule has 2 aromatic rings. The average molecular weight is 739 g/mol. The molecule has 44 heavy (non-hydrogen) atoms. The van der Waals surface area contributed by atoms with Gasteiger partial charge in [0.25, 0.3) is 11.4 Å². The second-order valence-electron chi connectivity index (χ2n) is 11.4. The predicted molar refractivity (Wildman–Crippen MR) is 158 cm³/mol. The molecule has 0 saturated carbocycles. The molecule has 4 rings (SSSR count). The van der Waals surface area contributed by atoms with Crippen molar-refractivity contribution >= 4 is 48.8 Å². The summed E-state index contributed by atoms with van der Waals surface area (Å²) in [4.78, 5) is 24.5. The van der Waals surface area contributed by atoms with E-state index in [0.717, 1.165) is 59.8 Å². The van der Waals surface area contributed by atoms with Crippen LogP contribution in [0.25, 0.3) is 0 Å². The zero-order valence-electron chi connectivity index (χ0n) is 25.2. The maximum atomic E-state index is 11.4. The summed E-state index contributed by atoms with van der Waals surface area (Å²) in [6, 6.07) is 10.3. The predicted octanol–water partition coefficient (Wildman–Crippen LogP) is 5.66. The van der Waals surface area contributed by atoms with Crippen LogP contribution in [0, 0.1) is 20.2 Å². The molecule has 0 radical (unpaired) electrons. The van der Waals surface area contributed by atoms with Gasteiger partial charge in [-0.25, -0.2) is 0 Å². The van der Waals surface area contributed by atoms with Gasteiger partial charge in [0, 0.05) is 71.7 Å². The van der Waals surface area contributed by atoms with Gasteiger partial charge in [-0.3, -0.25) is 20.2 Å². The second-order valence-corrected chi connectivity index (χ2v) is 15.1. The first-order valence-electron chi connectivity index (χ1n) is 13.7. The standard InChI is InChI=1S/C29H35N4O4.6FH.Sb/c1-7-16-30-24-14-12-20(32(34)35)18-22(24)28(3,4)26(30)10-9-11-27-29(5,6)23-19-21(33(36)37)13-15-25(23)31(27)17-8-2;;;;;;;/h9-15,18-19H,7-8,16-17H2,1-6H3;6*1H;/q+1;;;;;;;+5/p-6. The number of benzene rings is 2. The van der Waals surface area contributed by atoms with Gasteiger partial charge < -0.3 is 9.60 Å². The molecule has 0 unspecified atom stereocenters. The second kappa shape index (κ2) is 12.9. The summed E-state index contributed by atoms with van der Waals surface area (Å²) in [5, 5.41) is 22.9. The van der Waals surface area contributed by atoms with Gasteiger partial charge in [0.05, 0.1) is 15.3 Å². The molecule has 0 amide bonds. The van der Waals surface area contributed by atoms with Gasteiger partial charge in [-0.05, 0) is 38.0 Å². The van der Waals surface area contributed by atoms with E-state index in [0.29, 0.717) is 0 Å². The van der Waals surface area contributed by atoms with Crippen LogP contribution in [-0.2, 0) is 10.8 Å². The molecule has 8 nitrogen and oxygen atoms in total. The van der Waals surface area contributed by atoms with Gasteiger partial charge in [-0.15, -0.1) is 0 Å². The van der Waals surface area contributed by atoms with Crippen molar-refractivity contribution in [1.82, 2.24) is 0 Å². The van der Waals surface area contributed by atoms with Crippen LogP contribution < -0.4 is 9.60 Å². The number of nitrogens with zero attached hydrogens (tertiary/aromatic N) is 4. The summed E-state index contributed by atoms with van der Waals surface area (Å²) in [5.41, 5.74) is 5.52. The van der Waals surface area contributed by atoms with E-state index in [1.165, 1.54) is 0 Å². The van der Waals surface area contributed by atoms with Crippen LogP contribution in [0.15, 0.2) is 60.3 Å². The number of nitro benzene ring substituents is 2. The van der Waals surface area contributed by atoms with Crippen molar-refractivity contribution in [2.24, 2.45) is 0 Å². The molecule has 15 heteroatoms. The fraction of sp³-hybridized carbons (Fsp3) is 0.414. The van der Waals surface area contributed by atoms with Gasteiger partial charge in [0.2, 0.25) is 5.69 Å². The number of anilines is 1. The molecule has 0 bridgehead atoms. The van der Waals surface area contributed by atoms with Crippen LogP contribution >= 0.6 is 0 Å². The van der Waals surface area contributed by atoms with E-state index in [-0.39, 0.29) is 25.9 Å². The van der Waals surface area contributed by atoms with E-state index in [9.17, 15) is 34.3 Å². The molecule has 0 spiro atoms. The molecule has 0 atom stereocenters. The van der Waals surface area contributed by atoms with Crippen LogP contribution in [0.5, 0.6) is 0 Å². The average Bonchev–Trinajstić information content (AvgIpc) is 3.21. The van der Waals surface area contributed by atoms with Crippen molar-refractivity contribution in [3.05, 3.63) is 91.7 Å². The molecule has 2 aromatic carbocycles. The Morgan fingerprint density at radius 2 is 1.39 bits per heavy atom. The van der Waals surface area contributed by atoms with Crippen LogP contribution in [-0.4, -0.2) is 53.5 Å². The number of allylic oxidation sites excluding steroid dienone is 4. The molecule has 0 aliphatic carbocycles. The Balaban J connectivity index is 0.000000877. The first-order valence-corrected chi connectivity index (χ1v) is 18.5. The number of non-ortho nitro benzene ring substituents is 2. The molecule has 0 aromatic heterocycles. The summed E-state index contributed by atoms with van der Waals surface area (Å²) in [7, 11) is 0. The van der Waals surface area contributed by atoms with Crippen molar-refractivity contribution in [1.29, 1.82) is 0 Å². The normalized spacial score (nSPS) is 18.2. The molecule has 2 heterocycles. The van der Waals surface area contributed by atoms with Crippen LogP contribution in [0.3, 0.4) is 0 Å². The Hall–Kier alpha value is -3.41. The molecule has 0 fully saturated rings. The van der Waals surface area contributed by atoms with Crippen LogP contribution in [0.1, 0.15) is 65.5 Å². The first kappa shape index (κ1) is 36.8. The molecular weight excluding hydrogens is 704 g/mol. The van der Waals surface area contributed by atoms with E-state index in [1.54, 1.807) is 24.3 Å². The number of fused-ring (bicyclic) bond motifs is 2. The Kier molecular flexibility index (Phi) is 10.8. The van der Waals surface area contributed by atoms with Crippen molar-refractivity contribution in [3.63, 3.8) is 0 Å². The van der Waals surface area contributed by atoms with Gasteiger partial charge in [0.1, 0.15) is 6.54 Å². The van der Waals surface area contributed by atoms with Crippen molar-refractivity contribution in [2.75, 3.05) is 18.0 Å². The van der Waals surface area contributed by atoms with Gasteiger partial charge in [-0.1, -0.05) is 33.8 Å². The number of rotatable bonds is 8.